The number of pyridine rings is 1. The van der Waals surface area contributed by atoms with Crippen LogP contribution < -0.4 is 10.5 Å². The largest absolute Gasteiger partial charge is 0.364 e. The molecule has 3 aromatic rings. The summed E-state index contributed by atoms with van der Waals surface area (Å²) < 4.78 is 3.25. The number of piperazine rings is 1. The number of nitrogens with zero attached hydrogens (tertiary/aromatic N) is 7. The monoisotopic (exact) mass is 489 g/mol. The Balaban J connectivity index is 1.65. The topological polar surface area (TPSA) is 73.3 Å². The van der Waals surface area contributed by atoms with Gasteiger partial charge in [0.15, 0.2) is 0 Å². The maximum Gasteiger partial charge on any atom is 0.252 e. The fourth-order valence-corrected chi connectivity index (χ4v) is 5.52. The van der Waals surface area contributed by atoms with Gasteiger partial charge in [0.05, 0.1) is 23.5 Å². The molecule has 3 heterocycles. The number of anilines is 1. The quantitative estimate of drug-likeness (QED) is 0.480. The molecule has 36 heavy (non-hydrogen) atoms. The van der Waals surface area contributed by atoms with Gasteiger partial charge >= 0.3 is 0 Å². The van der Waals surface area contributed by atoms with E-state index in [2.05, 4.69) is 79.9 Å². The van der Waals surface area contributed by atoms with Gasteiger partial charge in [0.1, 0.15) is 12.1 Å². The first-order valence-corrected chi connectivity index (χ1v) is 13.0. The highest BCUT2D eigenvalue weighted by molar-refractivity contribution is 5.88. The molecule has 2 aromatic heterocycles. The first-order valence-electron chi connectivity index (χ1n) is 13.0. The molecule has 8 nitrogen and oxygen atoms in total. The van der Waals surface area contributed by atoms with Gasteiger partial charge in [0.2, 0.25) is 0 Å². The molecule has 1 saturated heterocycles. The van der Waals surface area contributed by atoms with Crippen molar-refractivity contribution in [3.63, 3.8) is 0 Å². The Bertz CT molecular complexity index is 1280. The molecule has 0 radical (unpaired) electrons. The summed E-state index contributed by atoms with van der Waals surface area (Å²) in [5, 5.41) is 13.9. The van der Waals surface area contributed by atoms with Crippen LogP contribution in [0, 0.1) is 11.3 Å². The van der Waals surface area contributed by atoms with Crippen LogP contribution in [0.2, 0.25) is 0 Å². The second-order valence-corrected chi connectivity index (χ2v) is 10.3. The van der Waals surface area contributed by atoms with Crippen molar-refractivity contribution < 1.29 is 0 Å². The zero-order valence-electron chi connectivity index (χ0n) is 22.5. The van der Waals surface area contributed by atoms with Crippen molar-refractivity contribution in [1.29, 1.82) is 5.26 Å². The maximum absolute atomic E-state index is 12.9. The van der Waals surface area contributed by atoms with Crippen LogP contribution in [0.3, 0.4) is 0 Å². The summed E-state index contributed by atoms with van der Waals surface area (Å²) in [5.41, 5.74) is 5.05. The third-order valence-electron chi connectivity index (χ3n) is 7.62. The predicted molar refractivity (Wildman–Crippen MR) is 145 cm³/mol. The van der Waals surface area contributed by atoms with Crippen molar-refractivity contribution in [2.45, 2.75) is 64.8 Å². The second kappa shape index (κ2) is 10.9. The van der Waals surface area contributed by atoms with Crippen molar-refractivity contribution in [3.8, 4) is 6.07 Å². The van der Waals surface area contributed by atoms with E-state index in [-0.39, 0.29) is 18.1 Å². The molecular formula is C28H39N7O. The van der Waals surface area contributed by atoms with Gasteiger partial charge in [-0.05, 0) is 45.0 Å². The first-order chi connectivity index (χ1) is 17.3. The number of rotatable bonds is 8. The summed E-state index contributed by atoms with van der Waals surface area (Å²) in [5.74, 6) is 0. The highest BCUT2D eigenvalue weighted by Gasteiger charge is 2.36. The van der Waals surface area contributed by atoms with Crippen LogP contribution >= 0.6 is 0 Å². The predicted octanol–water partition coefficient (Wildman–Crippen LogP) is 3.76. The van der Waals surface area contributed by atoms with E-state index in [1.54, 1.807) is 28.6 Å². The van der Waals surface area contributed by atoms with Gasteiger partial charge in [-0.2, -0.15) is 10.4 Å². The smallest absolute Gasteiger partial charge is 0.252 e. The molecule has 0 bridgehead atoms. The molecule has 4 rings (SSSR count). The van der Waals surface area contributed by atoms with Crippen LogP contribution in [0.4, 0.5) is 5.69 Å². The minimum atomic E-state index is -0.0504. The fraction of sp³-hybridized carbons (Fsp3) is 0.536. The van der Waals surface area contributed by atoms with Crippen LogP contribution in [0.1, 0.15) is 50.8 Å². The Morgan fingerprint density at radius 2 is 1.83 bits per heavy atom. The zero-order valence-corrected chi connectivity index (χ0v) is 22.5. The van der Waals surface area contributed by atoms with Crippen molar-refractivity contribution in [2.75, 3.05) is 32.1 Å². The summed E-state index contributed by atoms with van der Waals surface area (Å²) >= 11 is 0. The first kappa shape index (κ1) is 25.9. The standard InChI is InChI=1S/C28H39N7O/c1-7-23-18-35(25-15-27(36)32(6)26-19-33(14-13-29)30-28(25)26)24(8-2)17-34(23)20(3)22-11-9-21(10-12-22)16-31(4)5/h9-12,15,19-20,23-24H,7-8,14,16-18H2,1-6H3/t20?,23-,24+/m1/s1. The van der Waals surface area contributed by atoms with E-state index in [9.17, 15) is 4.79 Å². The van der Waals surface area contributed by atoms with E-state index in [0.29, 0.717) is 12.1 Å². The van der Waals surface area contributed by atoms with E-state index in [4.69, 9.17) is 10.4 Å². The lowest BCUT2D eigenvalue weighted by Gasteiger charge is -2.49. The van der Waals surface area contributed by atoms with Crippen LogP contribution in [0.5, 0.6) is 0 Å². The van der Waals surface area contributed by atoms with Crippen LogP contribution in [0.15, 0.2) is 41.3 Å². The Morgan fingerprint density at radius 3 is 2.44 bits per heavy atom. The van der Waals surface area contributed by atoms with Gasteiger partial charge in [-0.25, -0.2) is 0 Å². The molecule has 0 aliphatic carbocycles. The van der Waals surface area contributed by atoms with Gasteiger partial charge < -0.3 is 14.4 Å². The highest BCUT2D eigenvalue weighted by Crippen LogP contribution is 2.34. The minimum absolute atomic E-state index is 0.0504. The lowest BCUT2D eigenvalue weighted by molar-refractivity contribution is 0.101. The molecule has 0 N–H and O–H groups in total. The molecule has 1 unspecified atom stereocenters. The van der Waals surface area contributed by atoms with Gasteiger partial charge in [-0.1, -0.05) is 38.1 Å². The normalized spacial score (nSPS) is 19.7. The van der Waals surface area contributed by atoms with Crippen molar-refractivity contribution >= 4 is 16.7 Å². The number of aryl methyl sites for hydroxylation is 1. The van der Waals surface area contributed by atoms with Crippen LogP contribution in [-0.2, 0) is 20.1 Å². The van der Waals surface area contributed by atoms with Crippen molar-refractivity contribution in [2.24, 2.45) is 7.05 Å². The molecule has 3 atom stereocenters. The minimum Gasteiger partial charge on any atom is -0.364 e. The number of fused-ring (bicyclic) bond motifs is 1. The van der Waals surface area contributed by atoms with Crippen LogP contribution in [-0.4, -0.2) is 63.4 Å². The van der Waals surface area contributed by atoms with E-state index in [0.717, 1.165) is 49.2 Å². The summed E-state index contributed by atoms with van der Waals surface area (Å²) in [6, 6.07) is 13.8. The molecule has 192 valence electrons. The van der Waals surface area contributed by atoms with E-state index < -0.39 is 0 Å². The molecule has 0 amide bonds. The van der Waals surface area contributed by atoms with Crippen LogP contribution in [0.25, 0.3) is 11.0 Å². The van der Waals surface area contributed by atoms with Gasteiger partial charge in [-0.3, -0.25) is 14.4 Å². The number of hydrogen-bond acceptors (Lipinski definition) is 6. The Kier molecular flexibility index (Phi) is 7.82. The summed E-state index contributed by atoms with van der Waals surface area (Å²) in [7, 11) is 5.95. The Hall–Kier alpha value is -3.15. The van der Waals surface area contributed by atoms with Gasteiger partial charge in [0, 0.05) is 50.9 Å². The lowest BCUT2D eigenvalue weighted by Crippen LogP contribution is -2.58. The highest BCUT2D eigenvalue weighted by atomic mass is 16.1. The summed E-state index contributed by atoms with van der Waals surface area (Å²) in [6.45, 7) is 9.64. The average molecular weight is 490 g/mol. The number of aromatic nitrogens is 3. The lowest BCUT2D eigenvalue weighted by atomic mass is 9.96. The zero-order chi connectivity index (χ0) is 26.0. The van der Waals surface area contributed by atoms with E-state index in [1.807, 2.05) is 0 Å². The number of benzene rings is 1. The molecule has 0 saturated carbocycles. The fourth-order valence-electron chi connectivity index (χ4n) is 5.52. The molecule has 1 fully saturated rings. The molecule has 1 aliphatic rings. The molecule has 1 aliphatic heterocycles. The van der Waals surface area contributed by atoms with Crippen molar-refractivity contribution in [3.05, 3.63) is 58.0 Å². The number of hydrogen-bond donors (Lipinski definition) is 0. The van der Waals surface area contributed by atoms with E-state index >= 15 is 0 Å². The second-order valence-electron chi connectivity index (χ2n) is 10.3. The van der Waals surface area contributed by atoms with E-state index in [1.165, 1.54) is 11.1 Å². The Labute approximate surface area is 214 Å². The Morgan fingerprint density at radius 1 is 1.14 bits per heavy atom. The average Bonchev–Trinajstić information content (AvgIpc) is 3.29. The maximum atomic E-state index is 12.9. The third-order valence-corrected chi connectivity index (χ3v) is 7.62. The SMILES string of the molecule is CC[C@H]1CN(C(C)c2ccc(CN(C)C)cc2)[C@H](CC)CN1c1cc(=O)n(C)c2cn(CC#N)nc12. The summed E-state index contributed by atoms with van der Waals surface area (Å²) in [6.07, 6.45) is 3.80. The third kappa shape index (κ3) is 5.04. The molecular weight excluding hydrogens is 450 g/mol. The number of nitriles is 1. The molecule has 8 heteroatoms. The van der Waals surface area contributed by atoms with Gasteiger partial charge in [-0.15, -0.1) is 0 Å². The molecule has 1 aromatic carbocycles. The van der Waals surface area contributed by atoms with Crippen molar-refractivity contribution in [1.82, 2.24) is 24.1 Å². The van der Waals surface area contributed by atoms with Gasteiger partial charge in [0.25, 0.3) is 5.56 Å². The molecule has 0 spiro atoms. The summed E-state index contributed by atoms with van der Waals surface area (Å²) in [4.78, 5) is 20.1.